The summed E-state index contributed by atoms with van der Waals surface area (Å²) < 4.78 is 5.44. The Morgan fingerprint density at radius 3 is 3.06 bits per heavy atom. The minimum absolute atomic E-state index is 0.599. The third kappa shape index (κ3) is 3.28. The highest BCUT2D eigenvalue weighted by Gasteiger charge is 2.21. The first-order valence-electron chi connectivity index (χ1n) is 6.21. The van der Waals surface area contributed by atoms with Crippen molar-refractivity contribution in [1.82, 2.24) is 10.2 Å². The van der Waals surface area contributed by atoms with E-state index in [-0.39, 0.29) is 0 Å². The Bertz CT molecular complexity index is 358. The largest absolute Gasteiger partial charge is 0.380 e. The predicted molar refractivity (Wildman–Crippen MR) is 72.5 cm³/mol. The molecule has 3 nitrogen and oxygen atoms in total. The van der Waals surface area contributed by atoms with Gasteiger partial charge in [0.25, 0.3) is 0 Å². The molecule has 0 saturated carbocycles. The number of ether oxygens (including phenoxy) is 1. The summed E-state index contributed by atoms with van der Waals surface area (Å²) in [6.07, 6.45) is 1.17. The van der Waals surface area contributed by atoms with Crippen molar-refractivity contribution >= 4 is 11.3 Å². The van der Waals surface area contributed by atoms with Crippen molar-refractivity contribution in [2.45, 2.75) is 32.5 Å². The maximum Gasteiger partial charge on any atom is 0.0622 e. The van der Waals surface area contributed by atoms with E-state index >= 15 is 0 Å². The van der Waals surface area contributed by atoms with Crippen LogP contribution in [-0.2, 0) is 17.8 Å². The fourth-order valence-electron chi connectivity index (χ4n) is 2.27. The first-order chi connectivity index (χ1) is 8.20. The molecule has 1 fully saturated rings. The summed E-state index contributed by atoms with van der Waals surface area (Å²) in [7, 11) is 4.20. The highest BCUT2D eigenvalue weighted by molar-refractivity contribution is 7.12. The van der Waals surface area contributed by atoms with Gasteiger partial charge in [0.2, 0.25) is 0 Å². The molecule has 0 bridgehead atoms. The third-order valence-electron chi connectivity index (χ3n) is 3.37. The summed E-state index contributed by atoms with van der Waals surface area (Å²) in [6, 6.07) is 2.94. The molecule has 1 saturated heterocycles. The molecular weight excluding hydrogens is 232 g/mol. The van der Waals surface area contributed by atoms with Gasteiger partial charge in [-0.25, -0.2) is 0 Å². The predicted octanol–water partition coefficient (Wildman–Crippen LogP) is 2.00. The molecule has 1 aromatic heterocycles. The van der Waals surface area contributed by atoms with Gasteiger partial charge in [0.05, 0.1) is 6.61 Å². The first kappa shape index (κ1) is 13.0. The van der Waals surface area contributed by atoms with Gasteiger partial charge >= 0.3 is 0 Å². The smallest absolute Gasteiger partial charge is 0.0622 e. The van der Waals surface area contributed by atoms with Gasteiger partial charge in [-0.05, 0) is 39.1 Å². The lowest BCUT2D eigenvalue weighted by Crippen LogP contribution is -2.31. The molecule has 2 heterocycles. The number of likely N-dealkylation sites (N-methyl/N-ethyl adjacent to an activating group) is 1. The Hall–Kier alpha value is -0.420. The van der Waals surface area contributed by atoms with Gasteiger partial charge in [-0.15, -0.1) is 11.3 Å². The summed E-state index contributed by atoms with van der Waals surface area (Å²) in [5.74, 6) is 0. The lowest BCUT2D eigenvalue weighted by atomic mass is 10.2. The molecule has 2 rings (SSSR count). The summed E-state index contributed by atoms with van der Waals surface area (Å²) in [5, 5.41) is 3.21. The van der Waals surface area contributed by atoms with Crippen LogP contribution in [-0.4, -0.2) is 38.3 Å². The maximum atomic E-state index is 5.44. The highest BCUT2D eigenvalue weighted by atomic mass is 32.1. The monoisotopic (exact) mass is 254 g/mol. The summed E-state index contributed by atoms with van der Waals surface area (Å²) >= 11 is 1.90. The van der Waals surface area contributed by atoms with Crippen LogP contribution in [0.1, 0.15) is 21.7 Å². The van der Waals surface area contributed by atoms with Crippen molar-refractivity contribution < 1.29 is 4.74 Å². The fraction of sp³-hybridized carbons (Fsp3) is 0.692. The fourth-order valence-corrected chi connectivity index (χ4v) is 3.34. The number of aryl methyl sites for hydroxylation is 1. The van der Waals surface area contributed by atoms with Crippen molar-refractivity contribution in [2.24, 2.45) is 0 Å². The van der Waals surface area contributed by atoms with Gasteiger partial charge in [0, 0.05) is 35.5 Å². The molecule has 1 aliphatic heterocycles. The molecule has 0 aliphatic carbocycles. The van der Waals surface area contributed by atoms with Gasteiger partial charge in [-0.2, -0.15) is 0 Å². The van der Waals surface area contributed by atoms with Crippen molar-refractivity contribution in [3.63, 3.8) is 0 Å². The van der Waals surface area contributed by atoms with Crippen LogP contribution in [0.5, 0.6) is 0 Å². The van der Waals surface area contributed by atoms with Gasteiger partial charge in [-0.1, -0.05) is 0 Å². The number of hydrogen-bond donors (Lipinski definition) is 1. The Morgan fingerprint density at radius 2 is 2.41 bits per heavy atom. The zero-order valence-electron chi connectivity index (χ0n) is 11.0. The van der Waals surface area contributed by atoms with Crippen molar-refractivity contribution in [3.8, 4) is 0 Å². The third-order valence-corrected chi connectivity index (χ3v) is 4.46. The number of rotatable bonds is 5. The van der Waals surface area contributed by atoms with Crippen molar-refractivity contribution in [2.75, 3.05) is 27.3 Å². The summed E-state index contributed by atoms with van der Waals surface area (Å²) in [6.45, 7) is 6.05. The Kier molecular flexibility index (Phi) is 4.56. The van der Waals surface area contributed by atoms with Crippen molar-refractivity contribution in [1.29, 1.82) is 0 Å². The molecule has 1 atom stereocenters. The van der Waals surface area contributed by atoms with E-state index in [0.717, 1.165) is 26.3 Å². The van der Waals surface area contributed by atoms with E-state index in [1.165, 1.54) is 21.7 Å². The van der Waals surface area contributed by atoms with Crippen LogP contribution in [0.4, 0.5) is 0 Å². The Labute approximate surface area is 108 Å². The molecule has 0 amide bonds. The van der Waals surface area contributed by atoms with Gasteiger partial charge in [0.15, 0.2) is 0 Å². The molecule has 0 aromatic carbocycles. The van der Waals surface area contributed by atoms with Crippen LogP contribution in [0.3, 0.4) is 0 Å². The lowest BCUT2D eigenvalue weighted by Gasteiger charge is -2.22. The van der Waals surface area contributed by atoms with Crippen LogP contribution < -0.4 is 5.32 Å². The second-order valence-electron chi connectivity index (χ2n) is 4.76. The van der Waals surface area contributed by atoms with Crippen LogP contribution >= 0.6 is 11.3 Å². The second-order valence-corrected chi connectivity index (χ2v) is 6.10. The van der Waals surface area contributed by atoms with Crippen LogP contribution in [0.25, 0.3) is 0 Å². The Morgan fingerprint density at radius 1 is 1.59 bits per heavy atom. The molecule has 96 valence electrons. The molecule has 1 aromatic rings. The minimum Gasteiger partial charge on any atom is -0.380 e. The minimum atomic E-state index is 0.599. The SMILES string of the molecule is CNCc1cc(CN(C)C2CCOC2)c(C)s1. The highest BCUT2D eigenvalue weighted by Crippen LogP contribution is 2.24. The van der Waals surface area contributed by atoms with E-state index in [9.17, 15) is 0 Å². The maximum absolute atomic E-state index is 5.44. The molecule has 0 spiro atoms. The number of nitrogens with one attached hydrogen (secondary N) is 1. The van der Waals surface area contributed by atoms with Crippen LogP contribution in [0.15, 0.2) is 6.07 Å². The normalized spacial score (nSPS) is 20.4. The quantitative estimate of drug-likeness (QED) is 0.870. The zero-order chi connectivity index (χ0) is 12.3. The summed E-state index contributed by atoms with van der Waals surface area (Å²) in [4.78, 5) is 5.29. The van der Waals surface area contributed by atoms with Gasteiger partial charge in [-0.3, -0.25) is 4.90 Å². The van der Waals surface area contributed by atoms with E-state index in [1.54, 1.807) is 0 Å². The van der Waals surface area contributed by atoms with E-state index < -0.39 is 0 Å². The zero-order valence-corrected chi connectivity index (χ0v) is 11.8. The molecular formula is C13H22N2OS. The molecule has 4 heteroatoms. The average molecular weight is 254 g/mol. The Balaban J connectivity index is 1.97. The summed E-state index contributed by atoms with van der Waals surface area (Å²) in [5.41, 5.74) is 1.47. The number of thiophene rings is 1. The molecule has 0 radical (unpaired) electrons. The number of hydrogen-bond acceptors (Lipinski definition) is 4. The molecule has 1 aliphatic rings. The number of nitrogens with zero attached hydrogens (tertiary/aromatic N) is 1. The first-order valence-corrected chi connectivity index (χ1v) is 7.03. The van der Waals surface area contributed by atoms with E-state index in [2.05, 4.69) is 30.3 Å². The molecule has 1 unspecified atom stereocenters. The molecule has 1 N–H and O–H groups in total. The average Bonchev–Trinajstić information content (AvgIpc) is 2.90. The van der Waals surface area contributed by atoms with Crippen LogP contribution in [0, 0.1) is 6.92 Å². The van der Waals surface area contributed by atoms with Crippen LogP contribution in [0.2, 0.25) is 0 Å². The standard InChI is InChI=1S/C13H22N2OS/c1-10-11(6-13(17-10)7-14-2)8-15(3)12-4-5-16-9-12/h6,12,14H,4-5,7-9H2,1-3H3. The van der Waals surface area contributed by atoms with Gasteiger partial charge in [0.1, 0.15) is 0 Å². The molecule has 17 heavy (non-hydrogen) atoms. The van der Waals surface area contributed by atoms with E-state index in [1.807, 2.05) is 18.4 Å². The second kappa shape index (κ2) is 5.96. The van der Waals surface area contributed by atoms with E-state index in [4.69, 9.17) is 4.74 Å². The van der Waals surface area contributed by atoms with E-state index in [0.29, 0.717) is 6.04 Å². The lowest BCUT2D eigenvalue weighted by molar-refractivity contribution is 0.156. The van der Waals surface area contributed by atoms with Gasteiger partial charge < -0.3 is 10.1 Å². The van der Waals surface area contributed by atoms with Crippen molar-refractivity contribution in [3.05, 3.63) is 21.4 Å². The topological polar surface area (TPSA) is 24.5 Å².